The zero-order valence-corrected chi connectivity index (χ0v) is 11.9. The van der Waals surface area contributed by atoms with E-state index < -0.39 is 11.9 Å². The Morgan fingerprint density at radius 1 is 1.00 bits per heavy atom. The van der Waals surface area contributed by atoms with Gasteiger partial charge in [-0.1, -0.05) is 50.1 Å². The number of aliphatic hydroxyl groups is 1. The summed E-state index contributed by atoms with van der Waals surface area (Å²) in [5.41, 5.74) is 0.911. The first-order chi connectivity index (χ1) is 8.09. The van der Waals surface area contributed by atoms with E-state index in [0.717, 1.165) is 4.47 Å². The lowest BCUT2D eigenvalue weighted by atomic mass is 10.0. The zero-order valence-electron chi connectivity index (χ0n) is 8.70. The van der Waals surface area contributed by atoms with Crippen molar-refractivity contribution in [1.29, 1.82) is 0 Å². The Morgan fingerprint density at radius 2 is 1.65 bits per heavy atom. The first-order valence-electron chi connectivity index (χ1n) is 4.97. The molecule has 0 radical (unpaired) electrons. The van der Waals surface area contributed by atoms with Gasteiger partial charge in [-0.25, -0.2) is 4.39 Å². The topological polar surface area (TPSA) is 20.2 Å². The van der Waals surface area contributed by atoms with Gasteiger partial charge in [-0.15, -0.1) is 0 Å². The van der Waals surface area contributed by atoms with Crippen molar-refractivity contribution >= 4 is 31.9 Å². The third kappa shape index (κ3) is 2.76. The third-order valence-corrected chi connectivity index (χ3v) is 3.68. The SMILES string of the molecule is OC(c1ccc(Br)cc1)c1c(F)cccc1Br. The molecule has 2 rings (SSSR count). The van der Waals surface area contributed by atoms with Crippen molar-refractivity contribution in [1.82, 2.24) is 0 Å². The standard InChI is InChI=1S/C13H9Br2FO/c14-9-6-4-8(5-7-9)13(17)12-10(15)2-1-3-11(12)16/h1-7,13,17H. The first-order valence-corrected chi connectivity index (χ1v) is 6.55. The molecular weight excluding hydrogens is 351 g/mol. The van der Waals surface area contributed by atoms with Gasteiger partial charge in [0.25, 0.3) is 0 Å². The Balaban J connectivity index is 2.43. The lowest BCUT2D eigenvalue weighted by molar-refractivity contribution is 0.214. The highest BCUT2D eigenvalue weighted by Crippen LogP contribution is 2.31. The van der Waals surface area contributed by atoms with Crippen LogP contribution in [0.2, 0.25) is 0 Å². The summed E-state index contributed by atoms with van der Waals surface area (Å²) in [4.78, 5) is 0. The molecule has 88 valence electrons. The lowest BCUT2D eigenvalue weighted by Gasteiger charge is -2.14. The smallest absolute Gasteiger partial charge is 0.130 e. The van der Waals surface area contributed by atoms with Crippen LogP contribution in [0.5, 0.6) is 0 Å². The predicted octanol–water partition coefficient (Wildman–Crippen LogP) is 4.43. The van der Waals surface area contributed by atoms with E-state index in [0.29, 0.717) is 10.0 Å². The summed E-state index contributed by atoms with van der Waals surface area (Å²) in [6.07, 6.45) is -0.973. The van der Waals surface area contributed by atoms with Gasteiger partial charge in [0.05, 0.1) is 0 Å². The second kappa shape index (κ2) is 5.29. The van der Waals surface area contributed by atoms with Gasteiger partial charge in [0, 0.05) is 14.5 Å². The van der Waals surface area contributed by atoms with Crippen LogP contribution in [-0.2, 0) is 0 Å². The third-order valence-electron chi connectivity index (χ3n) is 2.46. The molecule has 1 unspecified atom stereocenters. The van der Waals surface area contributed by atoms with Crippen molar-refractivity contribution in [2.24, 2.45) is 0 Å². The number of benzene rings is 2. The molecule has 0 bridgehead atoms. The fourth-order valence-electron chi connectivity index (χ4n) is 1.58. The second-order valence-electron chi connectivity index (χ2n) is 3.59. The molecule has 0 amide bonds. The number of halogens is 3. The van der Waals surface area contributed by atoms with Crippen molar-refractivity contribution in [3.05, 3.63) is 68.4 Å². The van der Waals surface area contributed by atoms with Crippen LogP contribution in [-0.4, -0.2) is 5.11 Å². The van der Waals surface area contributed by atoms with Crippen LogP contribution in [0.15, 0.2) is 51.4 Å². The normalized spacial score (nSPS) is 12.5. The molecular formula is C13H9Br2FO. The minimum atomic E-state index is -0.973. The van der Waals surface area contributed by atoms with Crippen molar-refractivity contribution in [2.45, 2.75) is 6.10 Å². The average Bonchev–Trinajstić information content (AvgIpc) is 2.29. The molecule has 0 spiro atoms. The molecule has 0 heterocycles. The molecule has 17 heavy (non-hydrogen) atoms. The van der Waals surface area contributed by atoms with Gasteiger partial charge in [0.15, 0.2) is 0 Å². The van der Waals surface area contributed by atoms with Gasteiger partial charge in [0.1, 0.15) is 11.9 Å². The highest BCUT2D eigenvalue weighted by molar-refractivity contribution is 9.10. The van der Waals surface area contributed by atoms with Gasteiger partial charge < -0.3 is 5.11 Å². The molecule has 0 aliphatic carbocycles. The van der Waals surface area contributed by atoms with Gasteiger partial charge in [-0.05, 0) is 29.8 Å². The summed E-state index contributed by atoms with van der Waals surface area (Å²) in [6, 6.07) is 11.8. The average molecular weight is 360 g/mol. The highest BCUT2D eigenvalue weighted by Gasteiger charge is 2.17. The van der Waals surface area contributed by atoms with E-state index >= 15 is 0 Å². The molecule has 0 saturated heterocycles. The van der Waals surface area contributed by atoms with Gasteiger partial charge in [-0.2, -0.15) is 0 Å². The van der Waals surface area contributed by atoms with Crippen molar-refractivity contribution < 1.29 is 9.50 Å². The molecule has 2 aromatic rings. The molecule has 0 aliphatic rings. The van der Waals surface area contributed by atoms with Gasteiger partial charge in [0.2, 0.25) is 0 Å². The van der Waals surface area contributed by atoms with Crippen LogP contribution < -0.4 is 0 Å². The fraction of sp³-hybridized carbons (Fsp3) is 0.0769. The Morgan fingerprint density at radius 3 is 2.24 bits per heavy atom. The predicted molar refractivity (Wildman–Crippen MR) is 72.3 cm³/mol. The van der Waals surface area contributed by atoms with Gasteiger partial charge >= 0.3 is 0 Å². The summed E-state index contributed by atoms with van der Waals surface area (Å²) < 4.78 is 15.1. The minimum Gasteiger partial charge on any atom is -0.384 e. The zero-order chi connectivity index (χ0) is 12.4. The molecule has 0 aliphatic heterocycles. The summed E-state index contributed by atoms with van der Waals surface area (Å²) in [5, 5.41) is 10.2. The molecule has 0 aromatic heterocycles. The van der Waals surface area contributed by atoms with Crippen molar-refractivity contribution in [3.63, 3.8) is 0 Å². The number of hydrogen-bond donors (Lipinski definition) is 1. The minimum absolute atomic E-state index is 0.259. The maximum atomic E-state index is 13.7. The van der Waals surface area contributed by atoms with Crippen molar-refractivity contribution in [3.8, 4) is 0 Å². The Kier molecular flexibility index (Phi) is 3.97. The van der Waals surface area contributed by atoms with E-state index in [9.17, 15) is 9.50 Å². The Labute approximate surface area is 116 Å². The lowest BCUT2D eigenvalue weighted by Crippen LogP contribution is -2.03. The molecule has 4 heteroatoms. The molecule has 1 atom stereocenters. The van der Waals surface area contributed by atoms with Crippen LogP contribution in [0.4, 0.5) is 4.39 Å². The van der Waals surface area contributed by atoms with Crippen LogP contribution in [0, 0.1) is 5.82 Å². The Hall–Kier alpha value is -0.710. The van der Waals surface area contributed by atoms with Crippen LogP contribution in [0.3, 0.4) is 0 Å². The number of aliphatic hydroxyl groups excluding tert-OH is 1. The van der Waals surface area contributed by atoms with E-state index in [1.165, 1.54) is 6.07 Å². The number of hydrogen-bond acceptors (Lipinski definition) is 1. The molecule has 0 saturated carbocycles. The monoisotopic (exact) mass is 358 g/mol. The van der Waals surface area contributed by atoms with E-state index in [1.807, 2.05) is 12.1 Å². The molecule has 0 fully saturated rings. The summed E-state index contributed by atoms with van der Waals surface area (Å²) >= 11 is 6.56. The number of rotatable bonds is 2. The Bertz CT molecular complexity index is 505. The van der Waals surface area contributed by atoms with E-state index in [1.54, 1.807) is 24.3 Å². The van der Waals surface area contributed by atoms with Crippen molar-refractivity contribution in [2.75, 3.05) is 0 Å². The second-order valence-corrected chi connectivity index (χ2v) is 5.36. The molecule has 2 aromatic carbocycles. The fourth-order valence-corrected chi connectivity index (χ4v) is 2.41. The maximum absolute atomic E-state index is 13.7. The van der Waals surface area contributed by atoms with Gasteiger partial charge in [-0.3, -0.25) is 0 Å². The largest absolute Gasteiger partial charge is 0.384 e. The van der Waals surface area contributed by atoms with E-state index in [2.05, 4.69) is 31.9 Å². The van der Waals surface area contributed by atoms with Crippen LogP contribution >= 0.6 is 31.9 Å². The summed E-state index contributed by atoms with van der Waals surface area (Å²) in [5.74, 6) is -0.421. The maximum Gasteiger partial charge on any atom is 0.130 e. The van der Waals surface area contributed by atoms with Crippen LogP contribution in [0.1, 0.15) is 17.2 Å². The first kappa shape index (κ1) is 12.7. The van der Waals surface area contributed by atoms with Crippen LogP contribution in [0.25, 0.3) is 0 Å². The summed E-state index contributed by atoms with van der Waals surface area (Å²) in [6.45, 7) is 0. The van der Waals surface area contributed by atoms with E-state index in [4.69, 9.17) is 0 Å². The molecule has 1 nitrogen and oxygen atoms in total. The summed E-state index contributed by atoms with van der Waals surface area (Å²) in [7, 11) is 0. The highest BCUT2D eigenvalue weighted by atomic mass is 79.9. The van der Waals surface area contributed by atoms with E-state index in [-0.39, 0.29) is 5.56 Å². The molecule has 1 N–H and O–H groups in total. The quantitative estimate of drug-likeness (QED) is 0.840.